The fourth-order valence-corrected chi connectivity index (χ4v) is 2.38. The van der Waals surface area contributed by atoms with Crippen molar-refractivity contribution in [3.63, 3.8) is 0 Å². The molecule has 18 heavy (non-hydrogen) atoms. The number of amides is 1. The number of oxime groups is 1. The van der Waals surface area contributed by atoms with E-state index < -0.39 is 0 Å². The fraction of sp³-hybridized carbons (Fsp3) is 0.429. The quantitative estimate of drug-likeness (QED) is 0.506. The van der Waals surface area contributed by atoms with E-state index in [1.807, 2.05) is 42.2 Å². The van der Waals surface area contributed by atoms with E-state index in [9.17, 15) is 4.79 Å². The number of benzene rings is 1. The van der Waals surface area contributed by atoms with Gasteiger partial charge in [0.2, 0.25) is 5.91 Å². The van der Waals surface area contributed by atoms with E-state index in [0.717, 1.165) is 5.56 Å². The van der Waals surface area contributed by atoms with Gasteiger partial charge in [0.15, 0.2) is 0 Å². The standard InChI is InChI=1S/C14H18N2O2/c1-10(15-18)13-8-14(17)16(9-13)11(2)12-6-4-3-5-7-12/h3-7,11,13,18H,8-9H2,1-2H3/t11-,13-/m0/s1. The number of carbonyl (C=O) groups excluding carboxylic acids is 1. The Bertz CT molecular complexity index is 456. The number of nitrogens with zero attached hydrogens (tertiary/aromatic N) is 2. The molecule has 0 spiro atoms. The lowest BCUT2D eigenvalue weighted by molar-refractivity contribution is -0.129. The Kier molecular flexibility index (Phi) is 3.65. The summed E-state index contributed by atoms with van der Waals surface area (Å²) in [6, 6.07) is 10.0. The van der Waals surface area contributed by atoms with Gasteiger partial charge in [-0.1, -0.05) is 35.5 Å². The van der Waals surface area contributed by atoms with Gasteiger partial charge in [0.25, 0.3) is 0 Å². The van der Waals surface area contributed by atoms with Crippen LogP contribution in [0.15, 0.2) is 35.5 Å². The van der Waals surface area contributed by atoms with Crippen molar-refractivity contribution in [1.29, 1.82) is 0 Å². The second-order valence-electron chi connectivity index (χ2n) is 4.78. The predicted molar refractivity (Wildman–Crippen MR) is 69.6 cm³/mol. The van der Waals surface area contributed by atoms with Gasteiger partial charge in [-0.2, -0.15) is 0 Å². The van der Waals surface area contributed by atoms with Gasteiger partial charge in [0.05, 0.1) is 11.8 Å². The van der Waals surface area contributed by atoms with E-state index in [4.69, 9.17) is 5.21 Å². The van der Waals surface area contributed by atoms with Crippen molar-refractivity contribution in [2.75, 3.05) is 6.54 Å². The number of carbonyl (C=O) groups is 1. The van der Waals surface area contributed by atoms with Crippen molar-refractivity contribution >= 4 is 11.6 Å². The number of hydrogen-bond acceptors (Lipinski definition) is 3. The van der Waals surface area contributed by atoms with Gasteiger partial charge < -0.3 is 10.1 Å². The Morgan fingerprint density at radius 3 is 2.72 bits per heavy atom. The van der Waals surface area contributed by atoms with Gasteiger partial charge in [0, 0.05) is 18.9 Å². The molecule has 4 heteroatoms. The average molecular weight is 246 g/mol. The van der Waals surface area contributed by atoms with Crippen molar-refractivity contribution in [3.05, 3.63) is 35.9 Å². The smallest absolute Gasteiger partial charge is 0.223 e. The van der Waals surface area contributed by atoms with E-state index in [2.05, 4.69) is 5.16 Å². The third kappa shape index (κ3) is 2.37. The van der Waals surface area contributed by atoms with Crippen LogP contribution >= 0.6 is 0 Å². The zero-order valence-electron chi connectivity index (χ0n) is 10.7. The molecule has 1 saturated heterocycles. The highest BCUT2D eigenvalue weighted by molar-refractivity contribution is 5.92. The second kappa shape index (κ2) is 5.21. The van der Waals surface area contributed by atoms with Crippen LogP contribution in [0.2, 0.25) is 0 Å². The highest BCUT2D eigenvalue weighted by atomic mass is 16.4. The van der Waals surface area contributed by atoms with Crippen molar-refractivity contribution in [1.82, 2.24) is 4.90 Å². The van der Waals surface area contributed by atoms with Gasteiger partial charge in [-0.3, -0.25) is 4.79 Å². The summed E-state index contributed by atoms with van der Waals surface area (Å²) in [4.78, 5) is 13.9. The Hall–Kier alpha value is -1.84. The number of hydrogen-bond donors (Lipinski definition) is 1. The van der Waals surface area contributed by atoms with Crippen LogP contribution in [-0.2, 0) is 4.79 Å². The minimum absolute atomic E-state index is 0.0358. The van der Waals surface area contributed by atoms with Crippen LogP contribution in [0, 0.1) is 5.92 Å². The van der Waals surface area contributed by atoms with E-state index in [1.165, 1.54) is 0 Å². The maximum absolute atomic E-state index is 12.0. The van der Waals surface area contributed by atoms with Crippen molar-refractivity contribution < 1.29 is 10.0 Å². The maximum atomic E-state index is 12.0. The molecule has 0 saturated carbocycles. The SMILES string of the molecule is CC(=NO)[C@H]1CC(=O)N([C@@H](C)c2ccccc2)C1. The van der Waals surface area contributed by atoms with E-state index >= 15 is 0 Å². The van der Waals surface area contributed by atoms with Crippen LogP contribution < -0.4 is 0 Å². The Labute approximate surface area is 107 Å². The van der Waals surface area contributed by atoms with Crippen LogP contribution in [-0.4, -0.2) is 28.3 Å². The van der Waals surface area contributed by atoms with E-state index in [0.29, 0.717) is 18.7 Å². The largest absolute Gasteiger partial charge is 0.411 e. The Balaban J connectivity index is 2.13. The summed E-state index contributed by atoms with van der Waals surface area (Å²) in [5, 5.41) is 12.0. The molecule has 0 aromatic heterocycles. The number of likely N-dealkylation sites (tertiary alicyclic amines) is 1. The summed E-state index contributed by atoms with van der Waals surface area (Å²) >= 11 is 0. The first-order valence-electron chi connectivity index (χ1n) is 6.16. The third-order valence-corrected chi connectivity index (χ3v) is 3.66. The lowest BCUT2D eigenvalue weighted by Crippen LogP contribution is -2.29. The lowest BCUT2D eigenvalue weighted by atomic mass is 10.0. The molecule has 1 aliphatic heterocycles. The van der Waals surface area contributed by atoms with Crippen LogP contribution in [0.25, 0.3) is 0 Å². The van der Waals surface area contributed by atoms with Gasteiger partial charge in [-0.25, -0.2) is 0 Å². The van der Waals surface area contributed by atoms with E-state index in [1.54, 1.807) is 6.92 Å². The molecule has 96 valence electrons. The minimum atomic E-state index is 0.0358. The van der Waals surface area contributed by atoms with E-state index in [-0.39, 0.29) is 17.9 Å². The zero-order chi connectivity index (χ0) is 13.1. The summed E-state index contributed by atoms with van der Waals surface area (Å²) < 4.78 is 0. The van der Waals surface area contributed by atoms with Crippen molar-refractivity contribution in [3.8, 4) is 0 Å². The number of rotatable bonds is 3. The van der Waals surface area contributed by atoms with Crippen molar-refractivity contribution in [2.24, 2.45) is 11.1 Å². The van der Waals surface area contributed by atoms with Gasteiger partial charge in [-0.15, -0.1) is 0 Å². The first kappa shape index (κ1) is 12.6. The van der Waals surface area contributed by atoms with Crippen molar-refractivity contribution in [2.45, 2.75) is 26.3 Å². The fourth-order valence-electron chi connectivity index (χ4n) is 2.38. The molecule has 4 nitrogen and oxygen atoms in total. The Morgan fingerprint density at radius 1 is 1.44 bits per heavy atom. The molecule has 1 heterocycles. The normalized spacial score (nSPS) is 22.3. The average Bonchev–Trinajstić information content (AvgIpc) is 2.80. The highest BCUT2D eigenvalue weighted by Gasteiger charge is 2.34. The second-order valence-corrected chi connectivity index (χ2v) is 4.78. The minimum Gasteiger partial charge on any atom is -0.411 e. The molecular formula is C14H18N2O2. The lowest BCUT2D eigenvalue weighted by Gasteiger charge is -2.25. The van der Waals surface area contributed by atoms with Gasteiger partial charge in [-0.05, 0) is 19.4 Å². The summed E-state index contributed by atoms with van der Waals surface area (Å²) in [7, 11) is 0. The monoisotopic (exact) mass is 246 g/mol. The summed E-state index contributed by atoms with van der Waals surface area (Å²) in [6.45, 7) is 4.42. The summed E-state index contributed by atoms with van der Waals surface area (Å²) in [5.74, 6) is 0.160. The molecule has 0 aliphatic carbocycles. The molecule has 0 bridgehead atoms. The molecule has 1 aliphatic rings. The first-order valence-corrected chi connectivity index (χ1v) is 6.16. The Morgan fingerprint density at radius 2 is 2.11 bits per heavy atom. The first-order chi connectivity index (χ1) is 8.63. The molecule has 2 atom stereocenters. The summed E-state index contributed by atoms with van der Waals surface area (Å²) in [6.07, 6.45) is 0.438. The van der Waals surface area contributed by atoms with Crippen LogP contribution in [0.3, 0.4) is 0 Å². The third-order valence-electron chi connectivity index (χ3n) is 3.66. The van der Waals surface area contributed by atoms with Crippen LogP contribution in [0.5, 0.6) is 0 Å². The molecule has 1 aromatic rings. The van der Waals surface area contributed by atoms with Crippen LogP contribution in [0.1, 0.15) is 31.9 Å². The van der Waals surface area contributed by atoms with Crippen LogP contribution in [0.4, 0.5) is 0 Å². The molecule has 1 fully saturated rings. The topological polar surface area (TPSA) is 52.9 Å². The molecule has 1 amide bonds. The zero-order valence-corrected chi connectivity index (χ0v) is 10.7. The molecule has 1 N–H and O–H groups in total. The molecule has 1 aromatic carbocycles. The predicted octanol–water partition coefficient (Wildman–Crippen LogP) is 2.45. The molecule has 0 unspecified atom stereocenters. The van der Waals surface area contributed by atoms with Gasteiger partial charge in [0.1, 0.15) is 0 Å². The molecule has 2 rings (SSSR count). The molecular weight excluding hydrogens is 228 g/mol. The highest BCUT2D eigenvalue weighted by Crippen LogP contribution is 2.28. The summed E-state index contributed by atoms with van der Waals surface area (Å²) in [5.41, 5.74) is 1.76. The van der Waals surface area contributed by atoms with Gasteiger partial charge >= 0.3 is 0 Å². The molecule has 0 radical (unpaired) electrons. The maximum Gasteiger partial charge on any atom is 0.223 e.